The summed E-state index contributed by atoms with van der Waals surface area (Å²) in [5, 5.41) is 2.81. The van der Waals surface area contributed by atoms with Gasteiger partial charge in [0.2, 0.25) is 11.8 Å². The molecule has 1 aromatic heterocycles. The van der Waals surface area contributed by atoms with Crippen LogP contribution >= 0.6 is 0 Å². The highest BCUT2D eigenvalue weighted by Crippen LogP contribution is 2.26. The lowest BCUT2D eigenvalue weighted by molar-refractivity contribution is -0.115. The molecule has 0 unspecified atom stereocenters. The van der Waals surface area contributed by atoms with Crippen LogP contribution in [0.2, 0.25) is 0 Å². The van der Waals surface area contributed by atoms with Crippen molar-refractivity contribution >= 4 is 11.6 Å². The van der Waals surface area contributed by atoms with Crippen molar-refractivity contribution in [3.05, 3.63) is 60.5 Å². The van der Waals surface area contributed by atoms with Crippen molar-refractivity contribution in [1.29, 1.82) is 0 Å². The maximum absolute atomic E-state index is 12.3. The lowest BCUT2D eigenvalue weighted by atomic mass is 10.2. The van der Waals surface area contributed by atoms with Crippen LogP contribution in [0.5, 0.6) is 11.5 Å². The third-order valence-corrected chi connectivity index (χ3v) is 3.55. The molecule has 0 bridgehead atoms. The molecular formula is C19H18N2O4. The molecular weight excluding hydrogens is 320 g/mol. The molecule has 0 saturated heterocycles. The van der Waals surface area contributed by atoms with Crippen molar-refractivity contribution in [3.63, 3.8) is 0 Å². The number of methoxy groups -OCH3 is 2. The van der Waals surface area contributed by atoms with Crippen molar-refractivity contribution in [2.24, 2.45) is 0 Å². The number of carbonyl (C=O) groups is 1. The Morgan fingerprint density at radius 2 is 1.76 bits per heavy atom. The van der Waals surface area contributed by atoms with Gasteiger partial charge in [-0.2, -0.15) is 0 Å². The number of carbonyl (C=O) groups excluding carboxylic acids is 1. The largest absolute Gasteiger partial charge is 0.497 e. The molecule has 0 atom stereocenters. The molecule has 0 radical (unpaired) electrons. The number of anilines is 1. The molecule has 1 amide bonds. The van der Waals surface area contributed by atoms with Gasteiger partial charge >= 0.3 is 0 Å². The molecule has 6 heteroatoms. The van der Waals surface area contributed by atoms with Gasteiger partial charge in [0.1, 0.15) is 17.8 Å². The first-order valence-corrected chi connectivity index (χ1v) is 7.70. The molecule has 0 aliphatic carbocycles. The van der Waals surface area contributed by atoms with Gasteiger partial charge in [-0.1, -0.05) is 18.2 Å². The maximum atomic E-state index is 12.3. The topological polar surface area (TPSA) is 73.6 Å². The average Bonchev–Trinajstić information content (AvgIpc) is 3.10. The number of aromatic nitrogens is 1. The van der Waals surface area contributed by atoms with Crippen LogP contribution in [0.15, 0.2) is 59.2 Å². The van der Waals surface area contributed by atoms with E-state index in [9.17, 15) is 4.79 Å². The summed E-state index contributed by atoms with van der Waals surface area (Å²) in [6.45, 7) is 0. The summed E-state index contributed by atoms with van der Waals surface area (Å²) in [4.78, 5) is 16.6. The van der Waals surface area contributed by atoms with Gasteiger partial charge in [-0.3, -0.25) is 4.79 Å². The second-order valence-corrected chi connectivity index (χ2v) is 5.34. The van der Waals surface area contributed by atoms with Crippen molar-refractivity contribution in [2.45, 2.75) is 6.42 Å². The van der Waals surface area contributed by atoms with E-state index in [2.05, 4.69) is 10.3 Å². The summed E-state index contributed by atoms with van der Waals surface area (Å²) < 4.78 is 15.8. The number of hydrogen-bond donors (Lipinski definition) is 1. The number of nitrogens with zero attached hydrogens (tertiary/aromatic N) is 1. The molecule has 0 spiro atoms. The maximum Gasteiger partial charge on any atom is 0.230 e. The third-order valence-electron chi connectivity index (χ3n) is 3.55. The SMILES string of the molecule is COc1cc(NC(=O)Cc2coc(-c3ccccc3)n2)cc(OC)c1. The smallest absolute Gasteiger partial charge is 0.230 e. The summed E-state index contributed by atoms with van der Waals surface area (Å²) >= 11 is 0. The minimum absolute atomic E-state index is 0.107. The summed E-state index contributed by atoms with van der Waals surface area (Å²) in [7, 11) is 3.11. The van der Waals surface area contributed by atoms with Gasteiger partial charge in [-0.05, 0) is 12.1 Å². The molecule has 3 aromatic rings. The minimum Gasteiger partial charge on any atom is -0.497 e. The number of benzene rings is 2. The quantitative estimate of drug-likeness (QED) is 0.744. The van der Waals surface area contributed by atoms with Crippen LogP contribution in [0.3, 0.4) is 0 Å². The molecule has 1 heterocycles. The Morgan fingerprint density at radius 3 is 2.40 bits per heavy atom. The van der Waals surface area contributed by atoms with Crippen LogP contribution in [0.25, 0.3) is 11.5 Å². The van der Waals surface area contributed by atoms with E-state index in [1.54, 1.807) is 32.4 Å². The van der Waals surface area contributed by atoms with Crippen LogP contribution in [-0.4, -0.2) is 25.1 Å². The van der Waals surface area contributed by atoms with E-state index in [-0.39, 0.29) is 12.3 Å². The summed E-state index contributed by atoms with van der Waals surface area (Å²) in [6, 6.07) is 14.7. The minimum atomic E-state index is -0.205. The highest BCUT2D eigenvalue weighted by Gasteiger charge is 2.11. The first-order valence-electron chi connectivity index (χ1n) is 7.70. The zero-order valence-corrected chi connectivity index (χ0v) is 14.0. The van der Waals surface area contributed by atoms with Crippen LogP contribution in [-0.2, 0) is 11.2 Å². The van der Waals surface area contributed by atoms with Crippen LogP contribution in [0.1, 0.15) is 5.69 Å². The van der Waals surface area contributed by atoms with Gasteiger partial charge in [-0.15, -0.1) is 0 Å². The number of rotatable bonds is 6. The zero-order chi connectivity index (χ0) is 17.6. The van der Waals surface area contributed by atoms with Gasteiger partial charge in [0.05, 0.1) is 26.3 Å². The normalized spacial score (nSPS) is 10.3. The number of amides is 1. The first kappa shape index (κ1) is 16.6. The standard InChI is InChI=1S/C19H18N2O4/c1-23-16-8-14(9-17(11-16)24-2)20-18(22)10-15-12-25-19(21-15)13-6-4-3-5-7-13/h3-9,11-12H,10H2,1-2H3,(H,20,22). The van der Waals surface area contributed by atoms with E-state index in [4.69, 9.17) is 13.9 Å². The van der Waals surface area contributed by atoms with E-state index in [1.807, 2.05) is 30.3 Å². The van der Waals surface area contributed by atoms with Crippen LogP contribution in [0, 0.1) is 0 Å². The second-order valence-electron chi connectivity index (χ2n) is 5.34. The highest BCUT2D eigenvalue weighted by atomic mass is 16.5. The summed E-state index contributed by atoms with van der Waals surface area (Å²) in [5.74, 6) is 1.49. The molecule has 3 rings (SSSR count). The van der Waals surface area contributed by atoms with Gasteiger partial charge in [-0.25, -0.2) is 4.98 Å². The second kappa shape index (κ2) is 7.53. The summed E-state index contributed by atoms with van der Waals surface area (Å²) in [6.07, 6.45) is 1.60. The highest BCUT2D eigenvalue weighted by molar-refractivity contribution is 5.92. The van der Waals surface area contributed by atoms with Crippen molar-refractivity contribution < 1.29 is 18.7 Å². The fraction of sp³-hybridized carbons (Fsp3) is 0.158. The monoisotopic (exact) mass is 338 g/mol. The Bertz CT molecular complexity index is 837. The number of nitrogens with one attached hydrogen (secondary N) is 1. The predicted octanol–water partition coefficient (Wildman–Crippen LogP) is 3.54. The zero-order valence-electron chi connectivity index (χ0n) is 14.0. The molecule has 128 valence electrons. The van der Waals surface area contributed by atoms with Crippen LogP contribution in [0.4, 0.5) is 5.69 Å². The Balaban J connectivity index is 1.68. The number of oxazole rings is 1. The molecule has 0 aliphatic rings. The lowest BCUT2D eigenvalue weighted by Gasteiger charge is -2.09. The van der Waals surface area contributed by atoms with E-state index in [0.717, 1.165) is 5.56 Å². The molecule has 1 N–H and O–H groups in total. The number of ether oxygens (including phenoxy) is 2. The Kier molecular flexibility index (Phi) is 4.99. The molecule has 0 aliphatic heterocycles. The lowest BCUT2D eigenvalue weighted by Crippen LogP contribution is -2.14. The van der Waals surface area contributed by atoms with Gasteiger partial charge in [0.15, 0.2) is 0 Å². The fourth-order valence-electron chi connectivity index (χ4n) is 2.35. The number of hydrogen-bond acceptors (Lipinski definition) is 5. The average molecular weight is 338 g/mol. The van der Waals surface area contributed by atoms with E-state index in [1.165, 1.54) is 6.26 Å². The Hall–Kier alpha value is -3.28. The van der Waals surface area contributed by atoms with Crippen molar-refractivity contribution in [3.8, 4) is 23.0 Å². The van der Waals surface area contributed by atoms with E-state index in [0.29, 0.717) is 28.8 Å². The van der Waals surface area contributed by atoms with Gasteiger partial charge in [0.25, 0.3) is 0 Å². The Labute approximate surface area is 145 Å². The Morgan fingerprint density at radius 1 is 1.08 bits per heavy atom. The molecule has 0 fully saturated rings. The van der Waals surface area contributed by atoms with E-state index >= 15 is 0 Å². The van der Waals surface area contributed by atoms with Gasteiger partial charge < -0.3 is 19.2 Å². The van der Waals surface area contributed by atoms with E-state index < -0.39 is 0 Å². The van der Waals surface area contributed by atoms with Gasteiger partial charge in [0, 0.05) is 29.4 Å². The van der Waals surface area contributed by atoms with Crippen LogP contribution < -0.4 is 14.8 Å². The fourth-order valence-corrected chi connectivity index (χ4v) is 2.35. The first-order chi connectivity index (χ1) is 12.2. The molecule has 25 heavy (non-hydrogen) atoms. The predicted molar refractivity (Wildman–Crippen MR) is 93.8 cm³/mol. The van der Waals surface area contributed by atoms with Crippen molar-refractivity contribution in [2.75, 3.05) is 19.5 Å². The third kappa shape index (κ3) is 4.17. The molecule has 0 saturated carbocycles. The summed E-state index contributed by atoms with van der Waals surface area (Å²) in [5.41, 5.74) is 2.02. The molecule has 2 aromatic carbocycles. The van der Waals surface area contributed by atoms with Crippen molar-refractivity contribution in [1.82, 2.24) is 4.98 Å². The molecule has 6 nitrogen and oxygen atoms in total.